The summed E-state index contributed by atoms with van der Waals surface area (Å²) in [6.07, 6.45) is -0.940. The second-order valence-electron chi connectivity index (χ2n) is 7.08. The molecule has 0 radical (unpaired) electrons. The van der Waals surface area contributed by atoms with Gasteiger partial charge in [0.15, 0.2) is 6.10 Å². The standard InChI is InChI=1S/C22H27N3O4/c1-14(2)24-22(28)23-13-17-7-9-18(10-8-17)21(27)29-16(4)20(26)25-19-11-5-15(3)6-12-19/h5-12,14,16H,13H2,1-4H3,(H,25,26)(H2,23,24,28)/t16-/m0/s1. The predicted octanol–water partition coefficient (Wildman–Crippen LogP) is 3.39. The van der Waals surface area contributed by atoms with Gasteiger partial charge in [0.2, 0.25) is 0 Å². The number of nitrogens with one attached hydrogen (secondary N) is 3. The number of carbonyl (C=O) groups excluding carboxylic acids is 3. The molecule has 154 valence electrons. The minimum atomic E-state index is -0.940. The zero-order valence-corrected chi connectivity index (χ0v) is 17.1. The predicted molar refractivity (Wildman–Crippen MR) is 112 cm³/mol. The third-order valence-corrected chi connectivity index (χ3v) is 4.03. The molecule has 0 saturated carbocycles. The van der Waals surface area contributed by atoms with Gasteiger partial charge in [-0.25, -0.2) is 9.59 Å². The summed E-state index contributed by atoms with van der Waals surface area (Å²) in [6.45, 7) is 7.57. The van der Waals surface area contributed by atoms with E-state index in [-0.39, 0.29) is 12.1 Å². The summed E-state index contributed by atoms with van der Waals surface area (Å²) in [4.78, 5) is 36.1. The summed E-state index contributed by atoms with van der Waals surface area (Å²) in [5.74, 6) is -0.993. The van der Waals surface area contributed by atoms with Crippen molar-refractivity contribution >= 4 is 23.6 Å². The summed E-state index contributed by atoms with van der Waals surface area (Å²) >= 11 is 0. The van der Waals surface area contributed by atoms with Gasteiger partial charge in [0.1, 0.15) is 0 Å². The number of benzene rings is 2. The molecule has 0 aromatic heterocycles. The minimum Gasteiger partial charge on any atom is -0.449 e. The maximum atomic E-state index is 12.3. The lowest BCUT2D eigenvalue weighted by atomic mass is 10.1. The Morgan fingerprint density at radius 1 is 0.931 bits per heavy atom. The van der Waals surface area contributed by atoms with E-state index in [2.05, 4.69) is 16.0 Å². The molecule has 7 nitrogen and oxygen atoms in total. The SMILES string of the molecule is Cc1ccc(NC(=O)[C@H](C)OC(=O)c2ccc(CNC(=O)NC(C)C)cc2)cc1. The van der Waals surface area contributed by atoms with Crippen molar-refractivity contribution in [2.75, 3.05) is 5.32 Å². The van der Waals surface area contributed by atoms with Crippen molar-refractivity contribution < 1.29 is 19.1 Å². The van der Waals surface area contributed by atoms with E-state index < -0.39 is 18.0 Å². The van der Waals surface area contributed by atoms with Crippen molar-refractivity contribution in [3.05, 3.63) is 65.2 Å². The Bertz CT molecular complexity index is 845. The number of urea groups is 1. The zero-order chi connectivity index (χ0) is 21.4. The van der Waals surface area contributed by atoms with Crippen LogP contribution in [-0.2, 0) is 16.1 Å². The van der Waals surface area contributed by atoms with Crippen molar-refractivity contribution in [1.82, 2.24) is 10.6 Å². The average molecular weight is 397 g/mol. The lowest BCUT2D eigenvalue weighted by Crippen LogP contribution is -2.39. The van der Waals surface area contributed by atoms with Crippen LogP contribution in [0.4, 0.5) is 10.5 Å². The maximum absolute atomic E-state index is 12.3. The summed E-state index contributed by atoms with van der Waals surface area (Å²) in [6, 6.07) is 13.8. The number of hydrogen-bond donors (Lipinski definition) is 3. The fraction of sp³-hybridized carbons (Fsp3) is 0.318. The van der Waals surface area contributed by atoms with E-state index in [1.54, 1.807) is 36.4 Å². The fourth-order valence-electron chi connectivity index (χ4n) is 2.42. The third kappa shape index (κ3) is 7.29. The highest BCUT2D eigenvalue weighted by Gasteiger charge is 2.19. The van der Waals surface area contributed by atoms with Gasteiger partial charge in [-0.2, -0.15) is 0 Å². The van der Waals surface area contributed by atoms with Crippen LogP contribution in [0.2, 0.25) is 0 Å². The van der Waals surface area contributed by atoms with Crippen LogP contribution >= 0.6 is 0 Å². The first-order chi connectivity index (χ1) is 13.7. The normalized spacial score (nSPS) is 11.5. The molecule has 3 amide bonds. The van der Waals surface area contributed by atoms with Gasteiger partial charge in [0, 0.05) is 18.3 Å². The number of amides is 3. The lowest BCUT2D eigenvalue weighted by molar-refractivity contribution is -0.123. The number of esters is 1. The number of ether oxygens (including phenoxy) is 1. The van der Waals surface area contributed by atoms with Gasteiger partial charge in [-0.1, -0.05) is 29.8 Å². The number of aryl methyl sites for hydroxylation is 1. The molecule has 0 fully saturated rings. The summed E-state index contributed by atoms with van der Waals surface area (Å²) in [5, 5.41) is 8.18. The maximum Gasteiger partial charge on any atom is 0.338 e. The minimum absolute atomic E-state index is 0.0531. The molecule has 0 unspecified atom stereocenters. The average Bonchev–Trinajstić information content (AvgIpc) is 2.68. The van der Waals surface area contributed by atoms with Gasteiger partial charge in [-0.3, -0.25) is 4.79 Å². The van der Waals surface area contributed by atoms with Crippen LogP contribution in [0.3, 0.4) is 0 Å². The van der Waals surface area contributed by atoms with Gasteiger partial charge in [0.25, 0.3) is 5.91 Å². The molecule has 0 heterocycles. The Morgan fingerprint density at radius 3 is 2.14 bits per heavy atom. The van der Waals surface area contributed by atoms with Crippen LogP contribution in [0.1, 0.15) is 42.3 Å². The Labute approximate surface area is 170 Å². The molecule has 3 N–H and O–H groups in total. The molecular weight excluding hydrogens is 370 g/mol. The smallest absolute Gasteiger partial charge is 0.338 e. The molecule has 0 saturated heterocycles. The van der Waals surface area contributed by atoms with Crippen molar-refractivity contribution in [1.29, 1.82) is 0 Å². The Morgan fingerprint density at radius 2 is 1.55 bits per heavy atom. The fourth-order valence-corrected chi connectivity index (χ4v) is 2.42. The molecule has 2 aromatic carbocycles. The lowest BCUT2D eigenvalue weighted by Gasteiger charge is -2.14. The number of rotatable bonds is 7. The van der Waals surface area contributed by atoms with E-state index in [1.807, 2.05) is 32.9 Å². The second kappa shape index (κ2) is 10.3. The van der Waals surface area contributed by atoms with Crippen molar-refractivity contribution in [3.63, 3.8) is 0 Å². The topological polar surface area (TPSA) is 96.5 Å². The first kappa shape index (κ1) is 21.9. The first-order valence-electron chi connectivity index (χ1n) is 9.46. The van der Waals surface area contributed by atoms with Gasteiger partial charge in [-0.15, -0.1) is 0 Å². The van der Waals surface area contributed by atoms with Crippen LogP contribution in [0.25, 0.3) is 0 Å². The summed E-state index contributed by atoms with van der Waals surface area (Å²) in [7, 11) is 0. The highest BCUT2D eigenvalue weighted by Crippen LogP contribution is 2.11. The molecule has 1 atom stereocenters. The highest BCUT2D eigenvalue weighted by molar-refractivity contribution is 5.97. The number of hydrogen-bond acceptors (Lipinski definition) is 4. The molecule has 2 aromatic rings. The molecule has 7 heteroatoms. The van der Waals surface area contributed by atoms with Gasteiger partial charge < -0.3 is 20.7 Å². The first-order valence-corrected chi connectivity index (χ1v) is 9.46. The van der Waals surface area contributed by atoms with E-state index in [4.69, 9.17) is 4.74 Å². The molecule has 0 aliphatic rings. The molecular formula is C22H27N3O4. The van der Waals surface area contributed by atoms with Crippen LogP contribution < -0.4 is 16.0 Å². The van der Waals surface area contributed by atoms with Crippen LogP contribution in [0, 0.1) is 6.92 Å². The van der Waals surface area contributed by atoms with E-state index in [1.165, 1.54) is 6.92 Å². The molecule has 0 spiro atoms. The largest absolute Gasteiger partial charge is 0.449 e. The highest BCUT2D eigenvalue weighted by atomic mass is 16.5. The zero-order valence-electron chi connectivity index (χ0n) is 17.1. The van der Waals surface area contributed by atoms with E-state index in [0.717, 1.165) is 11.1 Å². The molecule has 29 heavy (non-hydrogen) atoms. The summed E-state index contributed by atoms with van der Waals surface area (Å²) in [5.41, 5.74) is 2.89. The van der Waals surface area contributed by atoms with Gasteiger partial charge in [-0.05, 0) is 57.5 Å². The molecule has 0 aliphatic carbocycles. The van der Waals surface area contributed by atoms with Crippen molar-refractivity contribution in [2.45, 2.75) is 46.4 Å². The Balaban J connectivity index is 1.85. The quantitative estimate of drug-likeness (QED) is 0.624. The van der Waals surface area contributed by atoms with Crippen molar-refractivity contribution in [2.24, 2.45) is 0 Å². The Kier molecular flexibility index (Phi) is 7.77. The van der Waals surface area contributed by atoms with E-state index in [0.29, 0.717) is 17.8 Å². The number of carbonyl (C=O) groups is 3. The van der Waals surface area contributed by atoms with Gasteiger partial charge >= 0.3 is 12.0 Å². The van der Waals surface area contributed by atoms with E-state index in [9.17, 15) is 14.4 Å². The monoisotopic (exact) mass is 397 g/mol. The van der Waals surface area contributed by atoms with E-state index >= 15 is 0 Å². The molecule has 2 rings (SSSR count). The molecule has 0 bridgehead atoms. The third-order valence-electron chi connectivity index (χ3n) is 4.03. The molecule has 0 aliphatic heterocycles. The van der Waals surface area contributed by atoms with Crippen LogP contribution in [0.15, 0.2) is 48.5 Å². The number of anilines is 1. The van der Waals surface area contributed by atoms with Crippen LogP contribution in [0.5, 0.6) is 0 Å². The summed E-state index contributed by atoms with van der Waals surface area (Å²) < 4.78 is 5.25. The second-order valence-corrected chi connectivity index (χ2v) is 7.08. The van der Waals surface area contributed by atoms with Gasteiger partial charge in [0.05, 0.1) is 5.56 Å². The van der Waals surface area contributed by atoms with Crippen LogP contribution in [-0.4, -0.2) is 30.1 Å². The Hall–Kier alpha value is -3.35. The van der Waals surface area contributed by atoms with Crippen molar-refractivity contribution in [3.8, 4) is 0 Å².